The van der Waals surface area contributed by atoms with Gasteiger partial charge in [-0.15, -0.1) is 0 Å². The van der Waals surface area contributed by atoms with Crippen molar-refractivity contribution < 1.29 is 4.74 Å². The van der Waals surface area contributed by atoms with E-state index in [0.717, 1.165) is 18.8 Å². The quantitative estimate of drug-likeness (QED) is 0.782. The van der Waals surface area contributed by atoms with Gasteiger partial charge >= 0.3 is 0 Å². The monoisotopic (exact) mass is 235 g/mol. The summed E-state index contributed by atoms with van der Waals surface area (Å²) in [7, 11) is 2.03. The summed E-state index contributed by atoms with van der Waals surface area (Å²) >= 11 is 0. The van der Waals surface area contributed by atoms with Crippen LogP contribution in [0.2, 0.25) is 0 Å². The van der Waals surface area contributed by atoms with Gasteiger partial charge in [0.25, 0.3) is 0 Å². The Morgan fingerprint density at radius 2 is 2.12 bits per heavy atom. The zero-order valence-electron chi connectivity index (χ0n) is 11.5. The maximum absolute atomic E-state index is 5.77. The van der Waals surface area contributed by atoms with E-state index in [2.05, 4.69) is 38.2 Å². The number of aryl methyl sites for hydroxylation is 1. The van der Waals surface area contributed by atoms with Crippen LogP contribution in [0.3, 0.4) is 0 Å². The van der Waals surface area contributed by atoms with Crippen LogP contribution in [-0.4, -0.2) is 19.7 Å². The largest absolute Gasteiger partial charge is 0.494 e. The molecule has 1 rings (SSSR count). The van der Waals surface area contributed by atoms with Crippen LogP contribution in [-0.2, 0) is 0 Å². The zero-order valence-corrected chi connectivity index (χ0v) is 11.5. The Labute approximate surface area is 105 Å². The molecular formula is C15H25NO. The molecule has 1 aromatic carbocycles. The SMILES string of the molecule is CCC(C)C(CCOc1cccc(C)c1)NC. The summed E-state index contributed by atoms with van der Waals surface area (Å²) in [6, 6.07) is 8.77. The predicted octanol–water partition coefficient (Wildman–Crippen LogP) is 3.40. The smallest absolute Gasteiger partial charge is 0.119 e. The fourth-order valence-corrected chi connectivity index (χ4v) is 2.01. The number of rotatable bonds is 7. The van der Waals surface area contributed by atoms with Gasteiger partial charge in [-0.3, -0.25) is 0 Å². The Hall–Kier alpha value is -1.02. The maximum atomic E-state index is 5.77. The average molecular weight is 235 g/mol. The third-order valence-electron chi connectivity index (χ3n) is 3.39. The van der Waals surface area contributed by atoms with Gasteiger partial charge < -0.3 is 10.1 Å². The first-order chi connectivity index (χ1) is 8.17. The molecule has 0 aliphatic heterocycles. The average Bonchev–Trinajstić information content (AvgIpc) is 2.34. The minimum absolute atomic E-state index is 0.546. The van der Waals surface area contributed by atoms with Crippen LogP contribution in [0.4, 0.5) is 0 Å². The second kappa shape index (κ2) is 7.33. The van der Waals surface area contributed by atoms with E-state index < -0.39 is 0 Å². The normalized spacial score (nSPS) is 14.4. The summed E-state index contributed by atoms with van der Waals surface area (Å²) in [5.41, 5.74) is 1.24. The van der Waals surface area contributed by atoms with E-state index >= 15 is 0 Å². The second-order valence-electron chi connectivity index (χ2n) is 4.73. The van der Waals surface area contributed by atoms with E-state index in [0.29, 0.717) is 12.0 Å². The van der Waals surface area contributed by atoms with Crippen molar-refractivity contribution in [2.45, 2.75) is 39.7 Å². The van der Waals surface area contributed by atoms with Crippen molar-refractivity contribution >= 4 is 0 Å². The van der Waals surface area contributed by atoms with E-state index in [9.17, 15) is 0 Å². The summed E-state index contributed by atoms with van der Waals surface area (Å²) in [6.07, 6.45) is 2.26. The van der Waals surface area contributed by atoms with E-state index in [-0.39, 0.29) is 0 Å². The summed E-state index contributed by atoms with van der Waals surface area (Å²) in [5, 5.41) is 3.37. The van der Waals surface area contributed by atoms with Crippen molar-refractivity contribution in [3.05, 3.63) is 29.8 Å². The molecule has 0 saturated carbocycles. The Morgan fingerprint density at radius 1 is 1.35 bits per heavy atom. The van der Waals surface area contributed by atoms with Crippen LogP contribution < -0.4 is 10.1 Å². The molecule has 17 heavy (non-hydrogen) atoms. The van der Waals surface area contributed by atoms with E-state index in [1.165, 1.54) is 12.0 Å². The van der Waals surface area contributed by atoms with Gasteiger partial charge in [0.2, 0.25) is 0 Å². The lowest BCUT2D eigenvalue weighted by atomic mass is 9.97. The highest BCUT2D eigenvalue weighted by molar-refractivity contribution is 5.27. The molecule has 96 valence electrons. The van der Waals surface area contributed by atoms with Gasteiger partial charge in [0.15, 0.2) is 0 Å². The van der Waals surface area contributed by atoms with Gasteiger partial charge in [-0.05, 0) is 44.0 Å². The molecule has 1 N–H and O–H groups in total. The van der Waals surface area contributed by atoms with Crippen LogP contribution in [0, 0.1) is 12.8 Å². The Balaban J connectivity index is 2.36. The Bertz CT molecular complexity index is 324. The molecule has 0 aliphatic rings. The van der Waals surface area contributed by atoms with Crippen LogP contribution >= 0.6 is 0 Å². The molecule has 0 amide bonds. The molecular weight excluding hydrogens is 210 g/mol. The van der Waals surface area contributed by atoms with Crippen molar-refractivity contribution in [2.24, 2.45) is 5.92 Å². The molecule has 2 heteroatoms. The minimum Gasteiger partial charge on any atom is -0.494 e. The second-order valence-corrected chi connectivity index (χ2v) is 4.73. The van der Waals surface area contributed by atoms with E-state index in [1.54, 1.807) is 0 Å². The summed E-state index contributed by atoms with van der Waals surface area (Å²) < 4.78 is 5.77. The molecule has 0 spiro atoms. The summed E-state index contributed by atoms with van der Waals surface area (Å²) in [5.74, 6) is 1.67. The lowest BCUT2D eigenvalue weighted by Crippen LogP contribution is -2.33. The first kappa shape index (κ1) is 14.0. The van der Waals surface area contributed by atoms with Crippen molar-refractivity contribution in [1.29, 1.82) is 0 Å². The molecule has 2 atom stereocenters. The molecule has 0 heterocycles. The van der Waals surface area contributed by atoms with Gasteiger partial charge in [0.1, 0.15) is 5.75 Å². The number of nitrogens with one attached hydrogen (secondary N) is 1. The number of hydrogen-bond donors (Lipinski definition) is 1. The van der Waals surface area contributed by atoms with Crippen LogP contribution in [0.25, 0.3) is 0 Å². The highest BCUT2D eigenvalue weighted by atomic mass is 16.5. The molecule has 1 aromatic rings. The van der Waals surface area contributed by atoms with Crippen LogP contribution in [0.1, 0.15) is 32.3 Å². The van der Waals surface area contributed by atoms with Gasteiger partial charge in [0.05, 0.1) is 6.61 Å². The fraction of sp³-hybridized carbons (Fsp3) is 0.600. The standard InChI is InChI=1S/C15H25NO/c1-5-13(3)15(16-4)9-10-17-14-8-6-7-12(2)11-14/h6-8,11,13,15-16H,5,9-10H2,1-4H3. The van der Waals surface area contributed by atoms with E-state index in [1.807, 2.05) is 19.2 Å². The highest BCUT2D eigenvalue weighted by Crippen LogP contribution is 2.15. The summed E-state index contributed by atoms with van der Waals surface area (Å²) in [6.45, 7) is 7.38. The molecule has 0 fully saturated rings. The molecule has 0 saturated heterocycles. The van der Waals surface area contributed by atoms with Gasteiger partial charge in [-0.25, -0.2) is 0 Å². The molecule has 0 bridgehead atoms. The number of benzene rings is 1. The zero-order chi connectivity index (χ0) is 12.7. The van der Waals surface area contributed by atoms with Crippen LogP contribution in [0.15, 0.2) is 24.3 Å². The van der Waals surface area contributed by atoms with Gasteiger partial charge in [-0.2, -0.15) is 0 Å². The maximum Gasteiger partial charge on any atom is 0.119 e. The Kier molecular flexibility index (Phi) is 6.06. The lowest BCUT2D eigenvalue weighted by molar-refractivity contribution is 0.260. The lowest BCUT2D eigenvalue weighted by Gasteiger charge is -2.22. The third kappa shape index (κ3) is 4.78. The summed E-state index contributed by atoms with van der Waals surface area (Å²) in [4.78, 5) is 0. The first-order valence-electron chi connectivity index (χ1n) is 6.54. The third-order valence-corrected chi connectivity index (χ3v) is 3.39. The predicted molar refractivity (Wildman–Crippen MR) is 73.6 cm³/mol. The first-order valence-corrected chi connectivity index (χ1v) is 6.54. The Morgan fingerprint density at radius 3 is 2.71 bits per heavy atom. The van der Waals surface area contributed by atoms with Crippen molar-refractivity contribution in [1.82, 2.24) is 5.32 Å². The highest BCUT2D eigenvalue weighted by Gasteiger charge is 2.13. The van der Waals surface area contributed by atoms with Gasteiger partial charge in [0, 0.05) is 6.04 Å². The van der Waals surface area contributed by atoms with Crippen molar-refractivity contribution in [3.8, 4) is 5.75 Å². The minimum atomic E-state index is 0.546. The molecule has 0 aliphatic carbocycles. The van der Waals surface area contributed by atoms with E-state index in [4.69, 9.17) is 4.74 Å². The number of ether oxygens (including phenoxy) is 1. The molecule has 2 nitrogen and oxygen atoms in total. The molecule has 0 radical (unpaired) electrons. The molecule has 0 aromatic heterocycles. The topological polar surface area (TPSA) is 21.3 Å². The van der Waals surface area contributed by atoms with Crippen molar-refractivity contribution in [3.63, 3.8) is 0 Å². The van der Waals surface area contributed by atoms with Gasteiger partial charge in [-0.1, -0.05) is 32.4 Å². The van der Waals surface area contributed by atoms with Crippen LogP contribution in [0.5, 0.6) is 5.75 Å². The fourth-order valence-electron chi connectivity index (χ4n) is 2.01. The van der Waals surface area contributed by atoms with Crippen molar-refractivity contribution in [2.75, 3.05) is 13.7 Å². The molecule has 2 unspecified atom stereocenters. The number of hydrogen-bond acceptors (Lipinski definition) is 2.